The highest BCUT2D eigenvalue weighted by molar-refractivity contribution is 6.30. The summed E-state index contributed by atoms with van der Waals surface area (Å²) in [6.07, 6.45) is 2.79. The molecule has 2 rings (SSSR count). The molecule has 1 aromatic carbocycles. The third-order valence-electron chi connectivity index (χ3n) is 2.72. The number of anilines is 1. The Hall–Kier alpha value is -1.81. The van der Waals surface area contributed by atoms with Crippen molar-refractivity contribution < 1.29 is 4.74 Å². The summed E-state index contributed by atoms with van der Waals surface area (Å²) >= 11 is 5.95. The molecule has 0 bridgehead atoms. The van der Waals surface area contributed by atoms with Gasteiger partial charge in [0, 0.05) is 23.3 Å². The molecule has 0 fully saturated rings. The molecule has 20 heavy (non-hydrogen) atoms. The van der Waals surface area contributed by atoms with E-state index in [1.165, 1.54) is 0 Å². The highest BCUT2D eigenvalue weighted by Crippen LogP contribution is 2.18. The van der Waals surface area contributed by atoms with E-state index in [0.717, 1.165) is 24.1 Å². The van der Waals surface area contributed by atoms with Crippen LogP contribution in [0.2, 0.25) is 5.02 Å². The molecule has 0 unspecified atom stereocenters. The maximum Gasteiger partial charge on any atom is 0.225 e. The highest BCUT2D eigenvalue weighted by atomic mass is 35.5. The fourth-order valence-corrected chi connectivity index (χ4v) is 1.89. The quantitative estimate of drug-likeness (QED) is 0.878. The van der Waals surface area contributed by atoms with Gasteiger partial charge >= 0.3 is 0 Å². The smallest absolute Gasteiger partial charge is 0.225 e. The normalized spacial score (nSPS) is 10.3. The number of nitrogens with zero attached hydrogens (tertiary/aromatic N) is 2. The van der Waals surface area contributed by atoms with Gasteiger partial charge in [-0.25, -0.2) is 4.98 Å². The third kappa shape index (κ3) is 4.10. The van der Waals surface area contributed by atoms with Gasteiger partial charge in [-0.15, -0.1) is 0 Å². The van der Waals surface area contributed by atoms with E-state index in [2.05, 4.69) is 22.2 Å². The van der Waals surface area contributed by atoms with Crippen molar-refractivity contribution in [3.63, 3.8) is 0 Å². The average Bonchev–Trinajstić information content (AvgIpc) is 2.45. The van der Waals surface area contributed by atoms with E-state index < -0.39 is 0 Å². The summed E-state index contributed by atoms with van der Waals surface area (Å²) in [7, 11) is 0. The molecule has 1 N–H and O–H groups in total. The molecule has 0 saturated carbocycles. The Labute approximate surface area is 124 Å². The van der Waals surface area contributed by atoms with Gasteiger partial charge in [0.05, 0.1) is 0 Å². The molecular weight excluding hydrogens is 274 g/mol. The molecule has 0 aliphatic heterocycles. The standard InChI is InChI=1S/C15H18ClN3O/c1-3-7-17-15-18-9-11(2)14(19-15)20-10-12-5-4-6-13(16)8-12/h4-6,8-9H,3,7,10H2,1-2H3,(H,17,18,19). The number of hydrogen-bond donors (Lipinski definition) is 1. The molecule has 0 spiro atoms. The van der Waals surface area contributed by atoms with Gasteiger partial charge in [-0.2, -0.15) is 4.98 Å². The molecule has 0 atom stereocenters. The number of hydrogen-bond acceptors (Lipinski definition) is 4. The van der Waals surface area contributed by atoms with Crippen LogP contribution in [0.25, 0.3) is 0 Å². The lowest BCUT2D eigenvalue weighted by Gasteiger charge is -2.10. The van der Waals surface area contributed by atoms with Gasteiger partial charge in [-0.05, 0) is 31.0 Å². The second-order valence-corrected chi connectivity index (χ2v) is 4.96. The van der Waals surface area contributed by atoms with Crippen molar-refractivity contribution in [3.05, 3.63) is 46.6 Å². The van der Waals surface area contributed by atoms with Crippen LogP contribution in [0.4, 0.5) is 5.95 Å². The molecule has 0 aliphatic rings. The zero-order valence-electron chi connectivity index (χ0n) is 11.7. The Kier molecular flexibility index (Phi) is 5.18. The van der Waals surface area contributed by atoms with E-state index >= 15 is 0 Å². The molecular formula is C15H18ClN3O. The first-order chi connectivity index (χ1) is 9.69. The largest absolute Gasteiger partial charge is 0.472 e. The molecule has 1 heterocycles. The summed E-state index contributed by atoms with van der Waals surface area (Å²) in [5, 5.41) is 3.85. The first-order valence-electron chi connectivity index (χ1n) is 6.64. The summed E-state index contributed by atoms with van der Waals surface area (Å²) in [6, 6.07) is 7.60. The Bertz CT molecular complexity index is 575. The van der Waals surface area contributed by atoms with Crippen molar-refractivity contribution in [2.24, 2.45) is 0 Å². The zero-order valence-corrected chi connectivity index (χ0v) is 12.4. The molecule has 0 saturated heterocycles. The predicted octanol–water partition coefficient (Wildman–Crippen LogP) is 3.84. The van der Waals surface area contributed by atoms with Crippen LogP contribution in [0.15, 0.2) is 30.5 Å². The molecule has 0 radical (unpaired) electrons. The van der Waals surface area contributed by atoms with Crippen LogP contribution in [0.3, 0.4) is 0 Å². The monoisotopic (exact) mass is 291 g/mol. The number of aryl methyl sites for hydroxylation is 1. The maximum atomic E-state index is 5.95. The summed E-state index contributed by atoms with van der Waals surface area (Å²) in [5.41, 5.74) is 1.92. The summed E-state index contributed by atoms with van der Waals surface area (Å²) in [5.74, 6) is 1.19. The highest BCUT2D eigenvalue weighted by Gasteiger charge is 2.05. The van der Waals surface area contributed by atoms with Crippen LogP contribution < -0.4 is 10.1 Å². The lowest BCUT2D eigenvalue weighted by Crippen LogP contribution is -2.07. The van der Waals surface area contributed by atoms with Crippen LogP contribution in [0.5, 0.6) is 5.88 Å². The van der Waals surface area contributed by atoms with E-state index in [0.29, 0.717) is 23.5 Å². The fraction of sp³-hybridized carbons (Fsp3) is 0.333. The van der Waals surface area contributed by atoms with Gasteiger partial charge in [-0.3, -0.25) is 0 Å². The SMILES string of the molecule is CCCNc1ncc(C)c(OCc2cccc(Cl)c2)n1. The molecule has 0 aliphatic carbocycles. The number of rotatable bonds is 6. The van der Waals surface area contributed by atoms with Crippen LogP contribution in [0.1, 0.15) is 24.5 Å². The number of halogens is 1. The van der Waals surface area contributed by atoms with Gasteiger partial charge in [-0.1, -0.05) is 30.7 Å². The van der Waals surface area contributed by atoms with Crippen molar-refractivity contribution in [1.29, 1.82) is 0 Å². The Morgan fingerprint density at radius 2 is 2.20 bits per heavy atom. The van der Waals surface area contributed by atoms with E-state index in [-0.39, 0.29) is 0 Å². The van der Waals surface area contributed by atoms with Crippen LogP contribution in [-0.2, 0) is 6.61 Å². The average molecular weight is 292 g/mol. The minimum absolute atomic E-state index is 0.436. The van der Waals surface area contributed by atoms with Gasteiger partial charge in [0.2, 0.25) is 11.8 Å². The minimum Gasteiger partial charge on any atom is -0.472 e. The predicted molar refractivity (Wildman–Crippen MR) is 81.3 cm³/mol. The topological polar surface area (TPSA) is 47.0 Å². The molecule has 2 aromatic rings. The first-order valence-corrected chi connectivity index (χ1v) is 7.01. The van der Waals surface area contributed by atoms with E-state index in [9.17, 15) is 0 Å². The zero-order chi connectivity index (χ0) is 14.4. The Balaban J connectivity index is 2.04. The third-order valence-corrected chi connectivity index (χ3v) is 2.96. The van der Waals surface area contributed by atoms with E-state index in [1.54, 1.807) is 6.20 Å². The molecule has 5 heteroatoms. The van der Waals surface area contributed by atoms with Crippen molar-refractivity contribution in [2.75, 3.05) is 11.9 Å². The Morgan fingerprint density at radius 1 is 1.35 bits per heavy atom. The molecule has 106 valence electrons. The van der Waals surface area contributed by atoms with Crippen molar-refractivity contribution in [2.45, 2.75) is 26.9 Å². The van der Waals surface area contributed by atoms with Crippen molar-refractivity contribution >= 4 is 17.5 Å². The van der Waals surface area contributed by atoms with Gasteiger partial charge in [0.25, 0.3) is 0 Å². The molecule has 0 amide bonds. The lowest BCUT2D eigenvalue weighted by molar-refractivity contribution is 0.291. The molecule has 4 nitrogen and oxygen atoms in total. The summed E-state index contributed by atoms with van der Waals surface area (Å²) in [4.78, 5) is 8.59. The minimum atomic E-state index is 0.436. The second-order valence-electron chi connectivity index (χ2n) is 4.53. The van der Waals surface area contributed by atoms with E-state index in [4.69, 9.17) is 16.3 Å². The van der Waals surface area contributed by atoms with Gasteiger partial charge in [0.15, 0.2) is 0 Å². The maximum absolute atomic E-state index is 5.95. The second kappa shape index (κ2) is 7.10. The number of nitrogens with one attached hydrogen (secondary N) is 1. The van der Waals surface area contributed by atoms with Crippen LogP contribution in [0, 0.1) is 6.92 Å². The van der Waals surface area contributed by atoms with Gasteiger partial charge < -0.3 is 10.1 Å². The summed E-state index contributed by atoms with van der Waals surface area (Å²) < 4.78 is 5.75. The molecule has 1 aromatic heterocycles. The van der Waals surface area contributed by atoms with Crippen molar-refractivity contribution in [1.82, 2.24) is 9.97 Å². The number of benzene rings is 1. The van der Waals surface area contributed by atoms with Crippen LogP contribution >= 0.6 is 11.6 Å². The Morgan fingerprint density at radius 3 is 2.95 bits per heavy atom. The number of ether oxygens (including phenoxy) is 1. The van der Waals surface area contributed by atoms with E-state index in [1.807, 2.05) is 31.2 Å². The summed E-state index contributed by atoms with van der Waals surface area (Å²) in [6.45, 7) is 5.30. The fourth-order valence-electron chi connectivity index (χ4n) is 1.67. The number of aromatic nitrogens is 2. The lowest BCUT2D eigenvalue weighted by atomic mass is 10.2. The first kappa shape index (κ1) is 14.6. The van der Waals surface area contributed by atoms with Crippen molar-refractivity contribution in [3.8, 4) is 5.88 Å². The van der Waals surface area contributed by atoms with Gasteiger partial charge in [0.1, 0.15) is 6.61 Å². The van der Waals surface area contributed by atoms with Crippen LogP contribution in [-0.4, -0.2) is 16.5 Å².